The zero-order valence-electron chi connectivity index (χ0n) is 12.5. The third-order valence-electron chi connectivity index (χ3n) is 3.42. The van der Waals surface area contributed by atoms with E-state index < -0.39 is 0 Å². The van der Waals surface area contributed by atoms with Gasteiger partial charge in [-0.1, -0.05) is 6.92 Å². The molecule has 0 aromatic heterocycles. The zero-order valence-corrected chi connectivity index (χ0v) is 12.5. The van der Waals surface area contributed by atoms with Crippen LogP contribution in [-0.2, 0) is 0 Å². The summed E-state index contributed by atoms with van der Waals surface area (Å²) in [5.41, 5.74) is 1.41. The van der Waals surface area contributed by atoms with Gasteiger partial charge >= 0.3 is 6.03 Å². The number of carbonyl (C=O) groups is 2. The highest BCUT2D eigenvalue weighted by molar-refractivity contribution is 5.97. The maximum absolute atomic E-state index is 12.0. The van der Waals surface area contributed by atoms with E-state index in [0.717, 1.165) is 12.2 Å². The summed E-state index contributed by atoms with van der Waals surface area (Å²) in [4.78, 5) is 25.2. The Morgan fingerprint density at radius 1 is 1.38 bits per heavy atom. The van der Waals surface area contributed by atoms with Crippen LogP contribution in [0.1, 0.15) is 24.2 Å². The van der Waals surface area contributed by atoms with Crippen molar-refractivity contribution in [1.29, 1.82) is 0 Å². The summed E-state index contributed by atoms with van der Waals surface area (Å²) in [7, 11) is 0. The van der Waals surface area contributed by atoms with Crippen LogP contribution in [0.4, 0.5) is 10.5 Å². The Morgan fingerprint density at radius 3 is 2.67 bits per heavy atom. The molecule has 21 heavy (non-hydrogen) atoms. The van der Waals surface area contributed by atoms with Gasteiger partial charge in [-0.3, -0.25) is 9.69 Å². The summed E-state index contributed by atoms with van der Waals surface area (Å²) in [6.07, 6.45) is 0. The first-order chi connectivity index (χ1) is 10.1. The highest BCUT2D eigenvalue weighted by Gasteiger charge is 2.21. The topological polar surface area (TPSA) is 73.5 Å². The average molecular weight is 290 g/mol. The van der Waals surface area contributed by atoms with Crippen molar-refractivity contribution in [3.63, 3.8) is 0 Å². The first kappa shape index (κ1) is 15.3. The summed E-state index contributed by atoms with van der Waals surface area (Å²) < 4.78 is 0. The zero-order chi connectivity index (χ0) is 15.2. The number of nitrogens with zero attached hydrogens (tertiary/aromatic N) is 1. The predicted molar refractivity (Wildman–Crippen MR) is 82.7 cm³/mol. The van der Waals surface area contributed by atoms with Crippen molar-refractivity contribution in [3.05, 3.63) is 29.8 Å². The number of anilines is 1. The highest BCUT2D eigenvalue weighted by atomic mass is 16.2. The average Bonchev–Trinajstić information content (AvgIpc) is 2.91. The first-order valence-corrected chi connectivity index (χ1v) is 7.29. The Bertz CT molecular complexity index is 501. The molecule has 1 atom stereocenters. The Hall–Kier alpha value is -2.08. The SMILES string of the molecule is CCN[C@H](C)CNC(=O)c1ccc(N2CCNC2=O)cc1. The largest absolute Gasteiger partial charge is 0.350 e. The Morgan fingerprint density at radius 2 is 2.10 bits per heavy atom. The van der Waals surface area contributed by atoms with E-state index in [0.29, 0.717) is 25.2 Å². The molecule has 0 unspecified atom stereocenters. The van der Waals surface area contributed by atoms with Gasteiger partial charge in [-0.25, -0.2) is 4.79 Å². The van der Waals surface area contributed by atoms with E-state index in [2.05, 4.69) is 16.0 Å². The second-order valence-electron chi connectivity index (χ2n) is 5.10. The number of hydrogen-bond donors (Lipinski definition) is 3. The molecule has 0 bridgehead atoms. The fourth-order valence-corrected chi connectivity index (χ4v) is 2.28. The molecule has 1 aliphatic heterocycles. The number of hydrogen-bond acceptors (Lipinski definition) is 3. The predicted octanol–water partition coefficient (Wildman–Crippen LogP) is 0.944. The lowest BCUT2D eigenvalue weighted by Gasteiger charge is -2.15. The van der Waals surface area contributed by atoms with Crippen molar-refractivity contribution in [2.75, 3.05) is 31.1 Å². The van der Waals surface area contributed by atoms with Crippen LogP contribution >= 0.6 is 0 Å². The van der Waals surface area contributed by atoms with E-state index in [9.17, 15) is 9.59 Å². The minimum atomic E-state index is -0.0998. The molecule has 114 valence electrons. The van der Waals surface area contributed by atoms with E-state index >= 15 is 0 Å². The maximum Gasteiger partial charge on any atom is 0.321 e. The smallest absolute Gasteiger partial charge is 0.321 e. The van der Waals surface area contributed by atoms with Crippen LogP contribution in [0.25, 0.3) is 0 Å². The number of carbonyl (C=O) groups excluding carboxylic acids is 2. The molecule has 1 aliphatic rings. The van der Waals surface area contributed by atoms with Crippen LogP contribution in [0, 0.1) is 0 Å². The quantitative estimate of drug-likeness (QED) is 0.730. The molecule has 0 radical (unpaired) electrons. The van der Waals surface area contributed by atoms with Crippen LogP contribution in [-0.4, -0.2) is 44.2 Å². The van der Waals surface area contributed by atoms with E-state index in [1.54, 1.807) is 29.2 Å². The minimum absolute atomic E-state index is 0.0910. The molecule has 1 aromatic carbocycles. The van der Waals surface area contributed by atoms with Gasteiger partial charge in [0.25, 0.3) is 5.91 Å². The molecule has 6 nitrogen and oxygen atoms in total. The van der Waals surface area contributed by atoms with Crippen LogP contribution in [0.5, 0.6) is 0 Å². The van der Waals surface area contributed by atoms with Crippen LogP contribution < -0.4 is 20.9 Å². The molecule has 1 saturated heterocycles. The van der Waals surface area contributed by atoms with Crippen molar-refractivity contribution < 1.29 is 9.59 Å². The van der Waals surface area contributed by atoms with Gasteiger partial charge in [-0.2, -0.15) is 0 Å². The van der Waals surface area contributed by atoms with Gasteiger partial charge in [0.05, 0.1) is 0 Å². The summed E-state index contributed by atoms with van der Waals surface area (Å²) in [5.74, 6) is -0.0998. The van der Waals surface area contributed by atoms with Crippen molar-refractivity contribution in [2.45, 2.75) is 19.9 Å². The summed E-state index contributed by atoms with van der Waals surface area (Å²) in [5, 5.41) is 8.88. The van der Waals surface area contributed by atoms with Gasteiger partial charge < -0.3 is 16.0 Å². The number of likely N-dealkylation sites (N-methyl/N-ethyl adjacent to an activating group) is 1. The van der Waals surface area contributed by atoms with Gasteiger partial charge in [0, 0.05) is 36.9 Å². The summed E-state index contributed by atoms with van der Waals surface area (Å²) in [6, 6.07) is 7.24. The number of urea groups is 1. The molecule has 3 N–H and O–H groups in total. The minimum Gasteiger partial charge on any atom is -0.350 e. The van der Waals surface area contributed by atoms with E-state index in [-0.39, 0.29) is 18.0 Å². The molecule has 0 spiro atoms. The van der Waals surface area contributed by atoms with Gasteiger partial charge in [0.1, 0.15) is 0 Å². The molecule has 0 saturated carbocycles. The number of amides is 3. The number of nitrogens with one attached hydrogen (secondary N) is 3. The van der Waals surface area contributed by atoms with Gasteiger partial charge in [0.2, 0.25) is 0 Å². The second kappa shape index (κ2) is 7.08. The molecular weight excluding hydrogens is 268 g/mol. The van der Waals surface area contributed by atoms with E-state index in [1.165, 1.54) is 0 Å². The van der Waals surface area contributed by atoms with Crippen molar-refractivity contribution in [1.82, 2.24) is 16.0 Å². The second-order valence-corrected chi connectivity index (χ2v) is 5.10. The van der Waals surface area contributed by atoms with Crippen molar-refractivity contribution >= 4 is 17.6 Å². The Labute approximate surface area is 124 Å². The normalized spacial score (nSPS) is 15.7. The van der Waals surface area contributed by atoms with E-state index in [4.69, 9.17) is 0 Å². The molecule has 6 heteroatoms. The molecule has 1 heterocycles. The molecule has 1 aromatic rings. The fraction of sp³-hybridized carbons (Fsp3) is 0.467. The lowest BCUT2D eigenvalue weighted by atomic mass is 10.2. The maximum atomic E-state index is 12.0. The Balaban J connectivity index is 1.92. The standard InChI is InChI=1S/C15H22N4O2/c1-3-16-11(2)10-18-14(20)12-4-6-13(7-5-12)19-9-8-17-15(19)21/h4-7,11,16H,3,8-10H2,1-2H3,(H,17,21)(H,18,20)/t11-/m1/s1. The number of rotatable bonds is 6. The van der Waals surface area contributed by atoms with Gasteiger partial charge in [-0.15, -0.1) is 0 Å². The monoisotopic (exact) mass is 290 g/mol. The lowest BCUT2D eigenvalue weighted by Crippen LogP contribution is -2.38. The van der Waals surface area contributed by atoms with Crippen LogP contribution in [0.2, 0.25) is 0 Å². The molecule has 1 fully saturated rings. The third-order valence-corrected chi connectivity index (χ3v) is 3.42. The molecular formula is C15H22N4O2. The van der Waals surface area contributed by atoms with Crippen LogP contribution in [0.3, 0.4) is 0 Å². The Kier molecular flexibility index (Phi) is 5.16. The fourth-order valence-electron chi connectivity index (χ4n) is 2.28. The lowest BCUT2D eigenvalue weighted by molar-refractivity contribution is 0.0950. The first-order valence-electron chi connectivity index (χ1n) is 7.29. The summed E-state index contributed by atoms with van der Waals surface area (Å²) in [6.45, 7) is 6.84. The molecule has 0 aliphatic carbocycles. The molecule has 2 rings (SSSR count). The highest BCUT2D eigenvalue weighted by Crippen LogP contribution is 2.17. The summed E-state index contributed by atoms with van der Waals surface area (Å²) >= 11 is 0. The van der Waals surface area contributed by atoms with Gasteiger partial charge in [0.15, 0.2) is 0 Å². The van der Waals surface area contributed by atoms with Crippen molar-refractivity contribution in [2.24, 2.45) is 0 Å². The number of benzene rings is 1. The van der Waals surface area contributed by atoms with Crippen LogP contribution in [0.15, 0.2) is 24.3 Å². The molecule has 3 amide bonds. The van der Waals surface area contributed by atoms with Gasteiger partial charge in [-0.05, 0) is 37.7 Å². The van der Waals surface area contributed by atoms with Crippen molar-refractivity contribution in [3.8, 4) is 0 Å². The van der Waals surface area contributed by atoms with E-state index in [1.807, 2.05) is 13.8 Å². The third kappa shape index (κ3) is 3.95.